The molecule has 0 saturated carbocycles. The number of benzene rings is 2. The van der Waals surface area contributed by atoms with Crippen molar-refractivity contribution in [3.8, 4) is 11.8 Å². The number of nitrogens with zero attached hydrogens (tertiary/aromatic N) is 2. The van der Waals surface area contributed by atoms with Crippen molar-refractivity contribution in [1.29, 1.82) is 0 Å². The molecule has 0 unspecified atom stereocenters. The van der Waals surface area contributed by atoms with Crippen molar-refractivity contribution in [2.45, 2.75) is 61.3 Å². The van der Waals surface area contributed by atoms with E-state index in [0.717, 1.165) is 11.1 Å². The maximum atomic E-state index is 13.0. The van der Waals surface area contributed by atoms with Crippen LogP contribution >= 0.6 is 46.4 Å². The number of rotatable bonds is 8. The average Bonchev–Trinajstić information content (AvgIpc) is 3.94. The van der Waals surface area contributed by atoms with Crippen molar-refractivity contribution in [1.82, 2.24) is 9.97 Å². The Balaban J connectivity index is 0.000000167. The molecule has 0 aliphatic carbocycles. The highest BCUT2D eigenvalue weighted by atomic mass is 35.5. The van der Waals surface area contributed by atoms with Gasteiger partial charge in [-0.1, -0.05) is 46.4 Å². The first-order valence-electron chi connectivity index (χ1n) is 17.1. The van der Waals surface area contributed by atoms with E-state index in [-0.39, 0.29) is 35.9 Å². The van der Waals surface area contributed by atoms with Gasteiger partial charge in [-0.05, 0) is 59.7 Å². The molecule has 2 amide bonds. The first-order valence-corrected chi connectivity index (χ1v) is 18.7. The summed E-state index contributed by atoms with van der Waals surface area (Å²) in [5.41, 5.74) is 2.82. The number of methoxy groups -OCH3 is 2. The third kappa shape index (κ3) is 7.71. The fraction of sp³-hybridized carbons (Fsp3) is 0.368. The number of carbonyl (C=O) groups excluding carboxylic acids is 2. The molecule has 16 heteroatoms. The van der Waals surface area contributed by atoms with Crippen LogP contribution in [0.25, 0.3) is 0 Å². The lowest BCUT2D eigenvalue weighted by molar-refractivity contribution is -0.122. The van der Waals surface area contributed by atoms with Gasteiger partial charge < -0.3 is 39.8 Å². The van der Waals surface area contributed by atoms with E-state index in [1.54, 1.807) is 60.9 Å². The number of pyridine rings is 2. The molecule has 4 bridgehead atoms. The SMILES string of the molecule is COc1cc([C@@H]2[C@@H]3O[C@@H](C[C@H]3O)[C@@H]2C(=O)Nc2ccc(Cl)c(Cl)c2)ccn1.COc1cc([C@H]2[C@H]3O[C@H](C[C@@H]3O)[C@H]2C(=O)Nc2ccc(Cl)c(Cl)c2)ccn1. The Hall–Kier alpha value is -3.72. The summed E-state index contributed by atoms with van der Waals surface area (Å²) in [7, 11) is 3.07. The van der Waals surface area contributed by atoms with Gasteiger partial charge in [-0.3, -0.25) is 9.59 Å². The zero-order valence-corrected chi connectivity index (χ0v) is 31.9. The van der Waals surface area contributed by atoms with Crippen LogP contribution in [0.3, 0.4) is 0 Å². The summed E-state index contributed by atoms with van der Waals surface area (Å²) in [5, 5.41) is 27.9. The van der Waals surface area contributed by atoms with E-state index >= 15 is 0 Å². The standard InChI is InChI=1S/2C19H18Cl2N2O4/c2*1-26-15-6-9(4-5-22-15)16-17(14-8-13(24)18(16)27-14)19(25)23-10-2-3-11(20)12(21)7-10/h2*2-7,13-14,16-18,24H,8H2,1H3,(H,23,25)/t2*13-,14+,16+,17+,18-/m10/s1. The lowest BCUT2D eigenvalue weighted by Gasteiger charge is -2.30. The maximum absolute atomic E-state index is 13.0. The zero-order chi connectivity index (χ0) is 38.3. The van der Waals surface area contributed by atoms with Crippen LogP contribution in [-0.2, 0) is 19.1 Å². The van der Waals surface area contributed by atoms with E-state index in [4.69, 9.17) is 65.4 Å². The summed E-state index contributed by atoms with van der Waals surface area (Å²) >= 11 is 23.9. The van der Waals surface area contributed by atoms with E-state index in [2.05, 4.69) is 20.6 Å². The lowest BCUT2D eigenvalue weighted by atomic mass is 9.74. The number of halogens is 4. The number of anilines is 2. The average molecular weight is 819 g/mol. The largest absolute Gasteiger partial charge is 0.481 e. The fourth-order valence-corrected chi connectivity index (χ4v) is 8.56. The number of aliphatic hydroxyl groups excluding tert-OH is 2. The Morgan fingerprint density at radius 2 is 1.06 bits per heavy atom. The van der Waals surface area contributed by atoms with Gasteiger partial charge in [0.15, 0.2) is 0 Å². The molecule has 0 spiro atoms. The number of ether oxygens (including phenoxy) is 4. The molecule has 12 nitrogen and oxygen atoms in total. The quantitative estimate of drug-likeness (QED) is 0.154. The van der Waals surface area contributed by atoms with Gasteiger partial charge in [-0.2, -0.15) is 0 Å². The van der Waals surface area contributed by atoms with Crippen LogP contribution in [0.2, 0.25) is 20.1 Å². The molecule has 0 radical (unpaired) electrons. The zero-order valence-electron chi connectivity index (χ0n) is 28.9. The molecule has 8 rings (SSSR count). The highest BCUT2D eigenvalue weighted by Gasteiger charge is 2.58. The maximum Gasteiger partial charge on any atom is 0.230 e. The van der Waals surface area contributed by atoms with E-state index < -0.39 is 36.3 Å². The molecule has 4 aliphatic heterocycles. The minimum atomic E-state index is -0.604. The molecule has 4 aromatic rings. The van der Waals surface area contributed by atoms with E-state index in [1.165, 1.54) is 14.2 Å². The van der Waals surface area contributed by atoms with Crippen LogP contribution in [0, 0.1) is 11.8 Å². The first kappa shape index (κ1) is 38.6. The van der Waals surface area contributed by atoms with Crippen molar-refractivity contribution >= 4 is 69.6 Å². The molecular weight excluding hydrogens is 782 g/mol. The van der Waals surface area contributed by atoms with Gasteiger partial charge in [0, 0.05) is 60.6 Å². The van der Waals surface area contributed by atoms with Crippen LogP contribution in [0.1, 0.15) is 35.8 Å². The third-order valence-electron chi connectivity index (χ3n) is 10.3. The van der Waals surface area contributed by atoms with Gasteiger partial charge in [0.05, 0.1) is 82.8 Å². The second kappa shape index (κ2) is 16.2. The van der Waals surface area contributed by atoms with Crippen molar-refractivity contribution in [2.24, 2.45) is 11.8 Å². The van der Waals surface area contributed by atoms with Crippen molar-refractivity contribution < 1.29 is 38.7 Å². The Bertz CT molecular complexity index is 1900. The number of nitrogens with one attached hydrogen (secondary N) is 2. The van der Waals surface area contributed by atoms with Gasteiger partial charge in [0.1, 0.15) is 0 Å². The van der Waals surface area contributed by atoms with Gasteiger partial charge in [0.2, 0.25) is 23.6 Å². The second-order valence-electron chi connectivity index (χ2n) is 13.5. The van der Waals surface area contributed by atoms with E-state index in [9.17, 15) is 19.8 Å². The highest BCUT2D eigenvalue weighted by Crippen LogP contribution is 2.51. The Kier molecular flexibility index (Phi) is 11.5. The van der Waals surface area contributed by atoms with E-state index in [0.29, 0.717) is 56.1 Å². The Morgan fingerprint density at radius 1 is 0.648 bits per heavy atom. The molecule has 4 fully saturated rings. The number of amides is 2. The van der Waals surface area contributed by atoms with Gasteiger partial charge >= 0.3 is 0 Å². The fourth-order valence-electron chi connectivity index (χ4n) is 7.97. The summed E-state index contributed by atoms with van der Waals surface area (Å²) in [6.07, 6.45) is 1.33. The van der Waals surface area contributed by atoms with E-state index in [1.807, 2.05) is 12.1 Å². The third-order valence-corrected chi connectivity index (χ3v) is 11.8. The first-order chi connectivity index (χ1) is 25.9. The minimum absolute atomic E-state index is 0.187. The number of aliphatic hydroxyl groups is 2. The second-order valence-corrected chi connectivity index (χ2v) is 15.1. The minimum Gasteiger partial charge on any atom is -0.481 e. The number of aromatic nitrogens is 2. The Morgan fingerprint density at radius 3 is 1.43 bits per heavy atom. The van der Waals surface area contributed by atoms with Crippen LogP contribution in [0.5, 0.6) is 11.8 Å². The summed E-state index contributed by atoms with van der Waals surface area (Å²) in [6, 6.07) is 17.1. The molecule has 4 saturated heterocycles. The molecule has 4 N–H and O–H groups in total. The molecule has 284 valence electrons. The van der Waals surface area contributed by atoms with Crippen molar-refractivity contribution in [3.05, 3.63) is 104 Å². The van der Waals surface area contributed by atoms with Crippen LogP contribution in [0.4, 0.5) is 11.4 Å². The number of carbonyl (C=O) groups is 2. The summed E-state index contributed by atoms with van der Waals surface area (Å²) in [6.45, 7) is 0. The summed E-state index contributed by atoms with van der Waals surface area (Å²) in [5.74, 6) is -0.944. The van der Waals surface area contributed by atoms with Crippen LogP contribution in [0.15, 0.2) is 73.1 Å². The van der Waals surface area contributed by atoms with Crippen LogP contribution < -0.4 is 20.1 Å². The number of fused-ring (bicyclic) bond motifs is 4. The molecule has 54 heavy (non-hydrogen) atoms. The van der Waals surface area contributed by atoms with Crippen molar-refractivity contribution in [3.63, 3.8) is 0 Å². The van der Waals surface area contributed by atoms with Crippen molar-refractivity contribution in [2.75, 3.05) is 24.9 Å². The highest BCUT2D eigenvalue weighted by molar-refractivity contribution is 6.42. The summed E-state index contributed by atoms with van der Waals surface area (Å²) in [4.78, 5) is 34.3. The summed E-state index contributed by atoms with van der Waals surface area (Å²) < 4.78 is 22.2. The molecule has 2 aromatic carbocycles. The van der Waals surface area contributed by atoms with Crippen LogP contribution in [-0.4, -0.2) is 82.8 Å². The Labute approximate surface area is 331 Å². The molecule has 2 aromatic heterocycles. The molecular formula is C38H36Cl4N4O8. The predicted molar refractivity (Wildman–Crippen MR) is 203 cm³/mol. The number of hydrogen-bond donors (Lipinski definition) is 4. The normalized spacial score (nSPS) is 29.0. The topological polar surface area (TPSA) is 161 Å². The monoisotopic (exact) mass is 816 g/mol. The molecule has 10 atom stereocenters. The number of hydrogen-bond acceptors (Lipinski definition) is 10. The molecule has 4 aliphatic rings. The van der Waals surface area contributed by atoms with Gasteiger partial charge in [-0.15, -0.1) is 0 Å². The predicted octanol–water partition coefficient (Wildman–Crippen LogP) is 6.54. The molecule has 6 heterocycles. The van der Waals surface area contributed by atoms with Gasteiger partial charge in [0.25, 0.3) is 0 Å². The van der Waals surface area contributed by atoms with Gasteiger partial charge in [-0.25, -0.2) is 9.97 Å². The smallest absolute Gasteiger partial charge is 0.230 e. The lowest BCUT2D eigenvalue weighted by Crippen LogP contribution is -2.41.